The molecule has 1 aliphatic heterocycles. The first-order valence-electron chi connectivity index (χ1n) is 5.12. The minimum absolute atomic E-state index is 0. The van der Waals surface area contributed by atoms with E-state index in [4.69, 9.17) is 4.74 Å². The van der Waals surface area contributed by atoms with E-state index in [-0.39, 0.29) is 18.1 Å². The summed E-state index contributed by atoms with van der Waals surface area (Å²) in [5, 5.41) is 3.37. The molecule has 15 heavy (non-hydrogen) atoms. The number of nitrogens with one attached hydrogen (secondary N) is 1. The average Bonchev–Trinajstić information content (AvgIpc) is 2.57. The Morgan fingerprint density at radius 3 is 2.53 bits per heavy atom. The van der Waals surface area contributed by atoms with Gasteiger partial charge in [0.1, 0.15) is 5.72 Å². The Bertz CT molecular complexity index is 304. The molecule has 0 aromatic heterocycles. The molecule has 1 aromatic carbocycles. The zero-order chi connectivity index (χ0) is 10.0. The van der Waals surface area contributed by atoms with E-state index in [2.05, 4.69) is 43.4 Å². The van der Waals surface area contributed by atoms with Crippen LogP contribution in [0.1, 0.15) is 18.1 Å². The fourth-order valence-corrected chi connectivity index (χ4v) is 1.85. The van der Waals surface area contributed by atoms with Crippen LogP contribution in [0.25, 0.3) is 0 Å². The van der Waals surface area contributed by atoms with Crippen molar-refractivity contribution in [2.75, 3.05) is 13.2 Å². The molecule has 84 valence electrons. The molecule has 0 bridgehead atoms. The van der Waals surface area contributed by atoms with Crippen molar-refractivity contribution in [1.29, 1.82) is 0 Å². The maximum atomic E-state index is 5.66. The largest absolute Gasteiger partial charge is 0.359 e. The summed E-state index contributed by atoms with van der Waals surface area (Å²) in [4.78, 5) is 0. The van der Waals surface area contributed by atoms with Crippen LogP contribution in [0.4, 0.5) is 0 Å². The van der Waals surface area contributed by atoms with Crippen molar-refractivity contribution < 1.29 is 4.74 Å². The predicted molar refractivity (Wildman–Crippen MR) is 64.5 cm³/mol. The van der Waals surface area contributed by atoms with E-state index in [0.717, 1.165) is 19.6 Å². The fourth-order valence-electron chi connectivity index (χ4n) is 1.85. The van der Waals surface area contributed by atoms with Gasteiger partial charge < -0.3 is 4.74 Å². The van der Waals surface area contributed by atoms with E-state index < -0.39 is 0 Å². The van der Waals surface area contributed by atoms with Crippen LogP contribution in [0.3, 0.4) is 0 Å². The maximum Gasteiger partial charge on any atom is 0.120 e. The molecule has 0 radical (unpaired) electrons. The van der Waals surface area contributed by atoms with Gasteiger partial charge in [0, 0.05) is 13.0 Å². The Morgan fingerprint density at radius 1 is 1.33 bits per heavy atom. The van der Waals surface area contributed by atoms with Gasteiger partial charge >= 0.3 is 0 Å². The van der Waals surface area contributed by atoms with Crippen LogP contribution in [-0.4, -0.2) is 18.9 Å². The van der Waals surface area contributed by atoms with Crippen LogP contribution >= 0.6 is 12.4 Å². The first-order valence-corrected chi connectivity index (χ1v) is 5.12. The van der Waals surface area contributed by atoms with E-state index in [9.17, 15) is 0 Å². The third-order valence-electron chi connectivity index (χ3n) is 2.68. The highest BCUT2D eigenvalue weighted by molar-refractivity contribution is 5.85. The Morgan fingerprint density at radius 2 is 2.00 bits per heavy atom. The van der Waals surface area contributed by atoms with E-state index in [0.29, 0.717) is 0 Å². The molecule has 1 saturated heterocycles. The van der Waals surface area contributed by atoms with Gasteiger partial charge in [-0.3, -0.25) is 5.32 Å². The first kappa shape index (κ1) is 12.5. The third kappa shape index (κ3) is 3.20. The topological polar surface area (TPSA) is 21.3 Å². The fraction of sp³-hybridized carbons (Fsp3) is 0.500. The summed E-state index contributed by atoms with van der Waals surface area (Å²) in [7, 11) is 0. The third-order valence-corrected chi connectivity index (χ3v) is 2.68. The number of hydrogen-bond acceptors (Lipinski definition) is 2. The lowest BCUT2D eigenvalue weighted by molar-refractivity contribution is 0.00702. The Balaban J connectivity index is 0.00000112. The van der Waals surface area contributed by atoms with Crippen LogP contribution in [-0.2, 0) is 11.2 Å². The van der Waals surface area contributed by atoms with Crippen molar-refractivity contribution in [3.63, 3.8) is 0 Å². The van der Waals surface area contributed by atoms with Gasteiger partial charge in [-0.15, -0.1) is 12.4 Å². The smallest absolute Gasteiger partial charge is 0.120 e. The van der Waals surface area contributed by atoms with Crippen molar-refractivity contribution in [3.05, 3.63) is 35.4 Å². The normalized spacial score (nSPS) is 24.9. The molecule has 0 saturated carbocycles. The van der Waals surface area contributed by atoms with Gasteiger partial charge in [0.2, 0.25) is 0 Å². The molecule has 0 amide bonds. The van der Waals surface area contributed by atoms with Crippen molar-refractivity contribution in [3.8, 4) is 0 Å². The SMILES string of the molecule is Cc1ccc(CC2(C)NCCO2)cc1.Cl. The lowest BCUT2D eigenvalue weighted by Crippen LogP contribution is -2.39. The van der Waals surface area contributed by atoms with Gasteiger partial charge in [-0.1, -0.05) is 29.8 Å². The Kier molecular flexibility index (Phi) is 4.14. The van der Waals surface area contributed by atoms with Gasteiger partial charge in [-0.25, -0.2) is 0 Å². The van der Waals surface area contributed by atoms with Gasteiger partial charge in [-0.05, 0) is 19.4 Å². The monoisotopic (exact) mass is 227 g/mol. The zero-order valence-corrected chi connectivity index (χ0v) is 10.1. The lowest BCUT2D eigenvalue weighted by atomic mass is 10.0. The summed E-state index contributed by atoms with van der Waals surface area (Å²) in [5.74, 6) is 0. The molecule has 1 fully saturated rings. The zero-order valence-electron chi connectivity index (χ0n) is 9.25. The van der Waals surface area contributed by atoms with Gasteiger partial charge in [0.25, 0.3) is 0 Å². The molecular formula is C12H18ClNO. The molecular weight excluding hydrogens is 210 g/mol. The number of halogens is 1. The van der Waals surface area contributed by atoms with Crippen LogP contribution in [0.2, 0.25) is 0 Å². The predicted octanol–water partition coefficient (Wildman–Crippen LogP) is 2.30. The van der Waals surface area contributed by atoms with E-state index in [1.165, 1.54) is 11.1 Å². The second kappa shape index (κ2) is 4.97. The number of hydrogen-bond donors (Lipinski definition) is 1. The van der Waals surface area contributed by atoms with Gasteiger partial charge in [0.15, 0.2) is 0 Å². The molecule has 0 aliphatic carbocycles. The van der Waals surface area contributed by atoms with E-state index in [1.807, 2.05) is 0 Å². The summed E-state index contributed by atoms with van der Waals surface area (Å²) in [5.41, 5.74) is 2.47. The number of aryl methyl sites for hydroxylation is 1. The molecule has 1 aromatic rings. The van der Waals surface area contributed by atoms with Crippen molar-refractivity contribution in [2.24, 2.45) is 0 Å². The van der Waals surface area contributed by atoms with Crippen LogP contribution in [0, 0.1) is 6.92 Å². The number of rotatable bonds is 2. The Labute approximate surface area is 97.4 Å². The molecule has 3 heteroatoms. The molecule has 1 N–H and O–H groups in total. The molecule has 1 heterocycles. The van der Waals surface area contributed by atoms with Crippen molar-refractivity contribution >= 4 is 12.4 Å². The molecule has 1 aliphatic rings. The lowest BCUT2D eigenvalue weighted by Gasteiger charge is -2.23. The second-order valence-corrected chi connectivity index (χ2v) is 4.17. The average molecular weight is 228 g/mol. The molecule has 1 atom stereocenters. The highest BCUT2D eigenvalue weighted by Crippen LogP contribution is 2.18. The molecule has 2 rings (SSSR count). The summed E-state index contributed by atoms with van der Waals surface area (Å²) in [6.07, 6.45) is 0.938. The quantitative estimate of drug-likeness (QED) is 0.837. The Hall–Kier alpha value is -0.570. The van der Waals surface area contributed by atoms with Crippen molar-refractivity contribution in [2.45, 2.75) is 26.0 Å². The van der Waals surface area contributed by atoms with E-state index >= 15 is 0 Å². The molecule has 2 nitrogen and oxygen atoms in total. The van der Waals surface area contributed by atoms with Crippen LogP contribution in [0.5, 0.6) is 0 Å². The first-order chi connectivity index (χ1) is 6.68. The van der Waals surface area contributed by atoms with Gasteiger partial charge in [0.05, 0.1) is 6.61 Å². The standard InChI is InChI=1S/C12H17NO.ClH/c1-10-3-5-11(6-4-10)9-12(2)13-7-8-14-12;/h3-6,13H,7-9H2,1-2H3;1H. The van der Waals surface area contributed by atoms with Crippen LogP contribution < -0.4 is 5.32 Å². The minimum Gasteiger partial charge on any atom is -0.359 e. The maximum absolute atomic E-state index is 5.66. The highest BCUT2D eigenvalue weighted by Gasteiger charge is 2.28. The summed E-state index contributed by atoms with van der Waals surface area (Å²) in [6.45, 7) is 6.00. The molecule has 0 spiro atoms. The summed E-state index contributed by atoms with van der Waals surface area (Å²) < 4.78 is 5.66. The summed E-state index contributed by atoms with van der Waals surface area (Å²) in [6, 6.07) is 8.63. The van der Waals surface area contributed by atoms with Gasteiger partial charge in [-0.2, -0.15) is 0 Å². The number of benzene rings is 1. The number of ether oxygens (including phenoxy) is 1. The summed E-state index contributed by atoms with van der Waals surface area (Å²) >= 11 is 0. The second-order valence-electron chi connectivity index (χ2n) is 4.17. The minimum atomic E-state index is -0.157. The molecule has 1 unspecified atom stereocenters. The van der Waals surface area contributed by atoms with E-state index in [1.54, 1.807) is 0 Å². The highest BCUT2D eigenvalue weighted by atomic mass is 35.5. The van der Waals surface area contributed by atoms with Crippen LogP contribution in [0.15, 0.2) is 24.3 Å². The van der Waals surface area contributed by atoms with Crippen molar-refractivity contribution in [1.82, 2.24) is 5.32 Å².